The highest BCUT2D eigenvalue weighted by Crippen LogP contribution is 2.28. The van der Waals surface area contributed by atoms with Crippen LogP contribution >= 0.6 is 34.8 Å². The smallest absolute Gasteiger partial charge is 0.243 e. The molecule has 2 heterocycles. The van der Waals surface area contributed by atoms with Crippen LogP contribution in [0.25, 0.3) is 11.5 Å². The normalized spacial score (nSPS) is 16.0. The fourth-order valence-corrected chi connectivity index (χ4v) is 5.45. The Labute approximate surface area is 196 Å². The zero-order chi connectivity index (χ0) is 22.2. The van der Waals surface area contributed by atoms with Gasteiger partial charge in [-0.1, -0.05) is 40.9 Å². The van der Waals surface area contributed by atoms with E-state index in [1.807, 2.05) is 25.1 Å². The minimum absolute atomic E-state index is 0.147. The van der Waals surface area contributed by atoms with Gasteiger partial charge in [-0.25, -0.2) is 13.4 Å². The van der Waals surface area contributed by atoms with E-state index in [0.29, 0.717) is 48.7 Å². The Morgan fingerprint density at radius 2 is 1.74 bits per heavy atom. The molecule has 1 aromatic heterocycles. The van der Waals surface area contributed by atoms with Gasteiger partial charge in [0.05, 0.1) is 20.6 Å². The van der Waals surface area contributed by atoms with Gasteiger partial charge >= 0.3 is 0 Å². The van der Waals surface area contributed by atoms with Gasteiger partial charge in [0.1, 0.15) is 5.76 Å². The molecule has 1 aliphatic heterocycles. The molecule has 31 heavy (non-hydrogen) atoms. The number of aromatic nitrogens is 1. The maximum atomic E-state index is 12.9. The van der Waals surface area contributed by atoms with E-state index in [9.17, 15) is 8.42 Å². The highest BCUT2D eigenvalue weighted by Gasteiger charge is 2.29. The lowest BCUT2D eigenvalue weighted by Gasteiger charge is -2.33. The Bertz CT molecular complexity index is 1210. The van der Waals surface area contributed by atoms with Crippen molar-refractivity contribution in [3.05, 3.63) is 69.0 Å². The molecule has 1 saturated heterocycles. The molecular formula is C21H20Cl3N3O3S. The van der Waals surface area contributed by atoms with Crippen LogP contribution in [0.5, 0.6) is 0 Å². The molecule has 164 valence electrons. The van der Waals surface area contributed by atoms with Crippen molar-refractivity contribution < 1.29 is 12.8 Å². The van der Waals surface area contributed by atoms with Crippen LogP contribution in [0, 0.1) is 6.92 Å². The number of rotatable bonds is 5. The van der Waals surface area contributed by atoms with Crippen LogP contribution in [0.3, 0.4) is 0 Å². The van der Waals surface area contributed by atoms with Crippen molar-refractivity contribution in [3.63, 3.8) is 0 Å². The summed E-state index contributed by atoms with van der Waals surface area (Å²) >= 11 is 18.0. The summed E-state index contributed by atoms with van der Waals surface area (Å²) in [5.74, 6) is 1.26. The largest absolute Gasteiger partial charge is 0.441 e. The second kappa shape index (κ2) is 9.10. The molecule has 0 atom stereocenters. The molecule has 2 aromatic carbocycles. The lowest BCUT2D eigenvalue weighted by Crippen LogP contribution is -2.48. The summed E-state index contributed by atoms with van der Waals surface area (Å²) in [7, 11) is -3.62. The van der Waals surface area contributed by atoms with Gasteiger partial charge in [0.15, 0.2) is 0 Å². The molecular weight excluding hydrogens is 481 g/mol. The van der Waals surface area contributed by atoms with E-state index in [1.54, 1.807) is 6.07 Å². The Morgan fingerprint density at radius 1 is 1.00 bits per heavy atom. The molecule has 0 saturated carbocycles. The van der Waals surface area contributed by atoms with Crippen molar-refractivity contribution in [2.24, 2.45) is 0 Å². The monoisotopic (exact) mass is 499 g/mol. The van der Waals surface area contributed by atoms with Crippen molar-refractivity contribution in [2.45, 2.75) is 18.4 Å². The van der Waals surface area contributed by atoms with E-state index in [0.717, 1.165) is 17.0 Å². The van der Waals surface area contributed by atoms with Crippen molar-refractivity contribution in [1.29, 1.82) is 0 Å². The summed E-state index contributed by atoms with van der Waals surface area (Å²) in [5.41, 5.74) is 1.65. The average Bonchev–Trinajstić information content (AvgIpc) is 3.11. The maximum Gasteiger partial charge on any atom is 0.243 e. The summed E-state index contributed by atoms with van der Waals surface area (Å²) in [6, 6.07) is 11.7. The van der Waals surface area contributed by atoms with E-state index in [1.165, 1.54) is 22.5 Å². The zero-order valence-corrected chi connectivity index (χ0v) is 19.8. The second-order valence-electron chi connectivity index (χ2n) is 7.29. The first-order valence-corrected chi connectivity index (χ1v) is 12.2. The van der Waals surface area contributed by atoms with Crippen LogP contribution in [-0.4, -0.2) is 48.8 Å². The van der Waals surface area contributed by atoms with Gasteiger partial charge in [-0.3, -0.25) is 4.90 Å². The number of hydrogen-bond acceptors (Lipinski definition) is 5. The summed E-state index contributed by atoms with van der Waals surface area (Å²) < 4.78 is 33.1. The lowest BCUT2D eigenvalue weighted by molar-refractivity contribution is 0.179. The van der Waals surface area contributed by atoms with Gasteiger partial charge in [0, 0.05) is 43.3 Å². The van der Waals surface area contributed by atoms with E-state index in [-0.39, 0.29) is 9.92 Å². The quantitative estimate of drug-likeness (QED) is 0.487. The topological polar surface area (TPSA) is 66.7 Å². The number of sulfonamides is 1. The molecule has 3 aromatic rings. The average molecular weight is 501 g/mol. The van der Waals surface area contributed by atoms with Gasteiger partial charge < -0.3 is 4.42 Å². The molecule has 10 heteroatoms. The van der Waals surface area contributed by atoms with Crippen LogP contribution in [0.2, 0.25) is 15.1 Å². The second-order valence-corrected chi connectivity index (χ2v) is 10.5. The number of halogens is 3. The Balaban J connectivity index is 1.42. The summed E-state index contributed by atoms with van der Waals surface area (Å²) in [6.45, 7) is 4.37. The molecule has 0 bridgehead atoms. The van der Waals surface area contributed by atoms with Gasteiger partial charge in [-0.15, -0.1) is 0 Å². The van der Waals surface area contributed by atoms with E-state index < -0.39 is 10.0 Å². The fourth-order valence-electron chi connectivity index (χ4n) is 3.45. The van der Waals surface area contributed by atoms with Gasteiger partial charge in [-0.05, 0) is 43.3 Å². The van der Waals surface area contributed by atoms with Crippen LogP contribution < -0.4 is 0 Å². The minimum atomic E-state index is -3.62. The summed E-state index contributed by atoms with van der Waals surface area (Å²) in [6.07, 6.45) is 0. The van der Waals surface area contributed by atoms with Crippen LogP contribution in [0.1, 0.15) is 11.5 Å². The molecule has 0 spiro atoms. The van der Waals surface area contributed by atoms with Crippen LogP contribution in [0.15, 0.2) is 51.8 Å². The van der Waals surface area contributed by atoms with E-state index in [4.69, 9.17) is 39.2 Å². The van der Waals surface area contributed by atoms with Crippen molar-refractivity contribution >= 4 is 44.8 Å². The third kappa shape index (κ3) is 4.92. The van der Waals surface area contributed by atoms with Crippen LogP contribution in [-0.2, 0) is 16.6 Å². The van der Waals surface area contributed by atoms with E-state index >= 15 is 0 Å². The molecule has 0 amide bonds. The molecule has 0 unspecified atom stereocenters. The highest BCUT2D eigenvalue weighted by atomic mass is 35.5. The predicted octanol–water partition coefficient (Wildman–Crippen LogP) is 5.12. The Kier molecular flexibility index (Phi) is 6.62. The van der Waals surface area contributed by atoms with Crippen LogP contribution in [0.4, 0.5) is 0 Å². The first-order valence-electron chi connectivity index (χ1n) is 9.64. The molecule has 0 radical (unpaired) electrons. The number of benzene rings is 2. The third-order valence-corrected chi connectivity index (χ3v) is 8.07. The Morgan fingerprint density at radius 3 is 2.42 bits per heavy atom. The maximum absolute atomic E-state index is 12.9. The SMILES string of the molecule is Cc1oc(-c2cccc(Cl)c2)nc1CN1CCN(S(=O)(=O)c2ccc(Cl)c(Cl)c2)CC1. The molecule has 1 aliphatic rings. The number of nitrogens with zero attached hydrogens (tertiary/aromatic N) is 3. The van der Waals surface area contributed by atoms with Gasteiger partial charge in [0.2, 0.25) is 15.9 Å². The fraction of sp³-hybridized carbons (Fsp3) is 0.286. The summed E-state index contributed by atoms with van der Waals surface area (Å²) in [4.78, 5) is 6.93. The molecule has 0 N–H and O–H groups in total. The molecule has 4 rings (SSSR count). The minimum Gasteiger partial charge on any atom is -0.441 e. The predicted molar refractivity (Wildman–Crippen MR) is 122 cm³/mol. The molecule has 1 fully saturated rings. The number of piperazine rings is 1. The van der Waals surface area contributed by atoms with E-state index in [2.05, 4.69) is 9.88 Å². The standard InChI is InChI=1S/C21H20Cl3N3O3S/c1-14-20(25-21(30-14)15-3-2-4-16(22)11-15)13-26-7-9-27(10-8-26)31(28,29)17-5-6-18(23)19(24)12-17/h2-6,11-12H,7-10,13H2,1H3. The molecule has 0 aliphatic carbocycles. The first kappa shape index (κ1) is 22.6. The number of hydrogen-bond donors (Lipinski definition) is 0. The molecule has 6 nitrogen and oxygen atoms in total. The third-order valence-electron chi connectivity index (χ3n) is 5.20. The van der Waals surface area contributed by atoms with Gasteiger partial charge in [-0.2, -0.15) is 4.31 Å². The zero-order valence-electron chi connectivity index (χ0n) is 16.7. The first-order chi connectivity index (χ1) is 14.7. The Hall–Kier alpha value is -1.61. The van der Waals surface area contributed by atoms with Gasteiger partial charge in [0.25, 0.3) is 0 Å². The van der Waals surface area contributed by atoms with Crippen molar-refractivity contribution in [3.8, 4) is 11.5 Å². The summed E-state index contributed by atoms with van der Waals surface area (Å²) in [5, 5.41) is 1.16. The van der Waals surface area contributed by atoms with Crippen molar-refractivity contribution in [1.82, 2.24) is 14.2 Å². The van der Waals surface area contributed by atoms with Crippen molar-refractivity contribution in [2.75, 3.05) is 26.2 Å². The lowest BCUT2D eigenvalue weighted by atomic mass is 10.2. The number of aryl methyl sites for hydroxylation is 1. The highest BCUT2D eigenvalue weighted by molar-refractivity contribution is 7.89. The number of oxazole rings is 1.